The third-order valence-corrected chi connectivity index (χ3v) is 6.68. The lowest BCUT2D eigenvalue weighted by molar-refractivity contribution is 0.150. The molecular weight excluding hydrogens is 256 g/mol. The fourth-order valence-electron chi connectivity index (χ4n) is 4.20. The maximum atomic E-state index is 10.1. The minimum absolute atomic E-state index is 0.295. The Morgan fingerprint density at radius 1 is 1.21 bits per heavy atom. The highest BCUT2D eigenvalue weighted by atomic mass is 32.1. The molecule has 4 heteroatoms. The minimum atomic E-state index is -0.295. The Balaban J connectivity index is 1.60. The summed E-state index contributed by atoms with van der Waals surface area (Å²) >= 11 is 1.89. The summed E-state index contributed by atoms with van der Waals surface area (Å²) in [4.78, 5) is 8.77. The molecule has 0 aromatic carbocycles. The molecule has 1 N–H and O–H groups in total. The first kappa shape index (κ1) is 12.3. The topological polar surface area (TPSA) is 36.4 Å². The highest BCUT2D eigenvalue weighted by Crippen LogP contribution is 2.45. The number of nitrogens with zero attached hydrogens (tertiary/aromatic N) is 2. The van der Waals surface area contributed by atoms with Crippen LogP contribution in [0.1, 0.15) is 66.1 Å². The van der Waals surface area contributed by atoms with Crippen LogP contribution in [0.4, 0.5) is 0 Å². The first-order chi connectivity index (χ1) is 9.22. The second kappa shape index (κ2) is 4.54. The van der Waals surface area contributed by atoms with Crippen molar-refractivity contribution in [1.29, 1.82) is 0 Å². The molecule has 0 spiro atoms. The van der Waals surface area contributed by atoms with E-state index in [1.54, 1.807) is 0 Å². The largest absolute Gasteiger partial charge is 0.387 e. The van der Waals surface area contributed by atoms with E-state index in [0.717, 1.165) is 37.0 Å². The van der Waals surface area contributed by atoms with Crippen molar-refractivity contribution in [2.24, 2.45) is 0 Å². The first-order valence-electron chi connectivity index (χ1n) is 7.62. The van der Waals surface area contributed by atoms with Gasteiger partial charge in [-0.15, -0.1) is 11.3 Å². The fourth-order valence-corrected chi connectivity index (χ4v) is 5.49. The van der Waals surface area contributed by atoms with E-state index in [-0.39, 0.29) is 6.10 Å². The molecule has 0 saturated carbocycles. The number of aliphatic hydroxyl groups is 1. The number of fused-ring (bicyclic) bond motifs is 3. The number of rotatable bonds is 1. The van der Waals surface area contributed by atoms with Crippen LogP contribution in [-0.4, -0.2) is 34.1 Å². The van der Waals surface area contributed by atoms with Crippen molar-refractivity contribution in [2.45, 2.75) is 69.1 Å². The van der Waals surface area contributed by atoms with Gasteiger partial charge in [-0.25, -0.2) is 4.98 Å². The lowest BCUT2D eigenvalue weighted by Crippen LogP contribution is -2.39. The molecule has 3 atom stereocenters. The van der Waals surface area contributed by atoms with Gasteiger partial charge in [0, 0.05) is 22.9 Å². The molecule has 2 aliphatic heterocycles. The van der Waals surface area contributed by atoms with Crippen LogP contribution in [0, 0.1) is 0 Å². The fraction of sp³-hybridized carbons (Fsp3) is 0.800. The number of thiazole rings is 1. The van der Waals surface area contributed by atoms with Crippen molar-refractivity contribution in [3.8, 4) is 0 Å². The summed E-state index contributed by atoms with van der Waals surface area (Å²) in [7, 11) is 2.29. The van der Waals surface area contributed by atoms with Gasteiger partial charge in [0.2, 0.25) is 0 Å². The molecule has 2 fully saturated rings. The molecule has 4 rings (SSSR count). The Morgan fingerprint density at radius 2 is 1.95 bits per heavy atom. The predicted octanol–water partition coefficient (Wildman–Crippen LogP) is 2.85. The molecule has 19 heavy (non-hydrogen) atoms. The van der Waals surface area contributed by atoms with E-state index in [0.29, 0.717) is 5.92 Å². The van der Waals surface area contributed by atoms with Gasteiger partial charge < -0.3 is 10.0 Å². The maximum Gasteiger partial charge on any atom is 0.0971 e. The van der Waals surface area contributed by atoms with E-state index >= 15 is 0 Å². The summed E-state index contributed by atoms with van der Waals surface area (Å²) in [5.74, 6) is 0.650. The number of hydrogen-bond donors (Lipinski definition) is 1. The summed E-state index contributed by atoms with van der Waals surface area (Å²) < 4.78 is 0. The van der Waals surface area contributed by atoms with Gasteiger partial charge in [0.25, 0.3) is 0 Å². The predicted molar refractivity (Wildman–Crippen MR) is 76.6 cm³/mol. The zero-order chi connectivity index (χ0) is 13.0. The molecule has 104 valence electrons. The summed E-state index contributed by atoms with van der Waals surface area (Å²) in [6.07, 6.45) is 8.13. The molecule has 1 aromatic rings. The van der Waals surface area contributed by atoms with Crippen LogP contribution < -0.4 is 0 Å². The Hall–Kier alpha value is -0.450. The van der Waals surface area contributed by atoms with Crippen LogP contribution in [0.2, 0.25) is 0 Å². The molecule has 3 nitrogen and oxygen atoms in total. The molecule has 2 bridgehead atoms. The van der Waals surface area contributed by atoms with Gasteiger partial charge in [0.15, 0.2) is 0 Å². The van der Waals surface area contributed by atoms with E-state index in [9.17, 15) is 5.11 Å². The van der Waals surface area contributed by atoms with Crippen molar-refractivity contribution >= 4 is 11.3 Å². The van der Waals surface area contributed by atoms with Crippen LogP contribution in [0.25, 0.3) is 0 Å². The molecule has 2 saturated heterocycles. The smallest absolute Gasteiger partial charge is 0.0971 e. The SMILES string of the molecule is CN1C2CCC1CC(c1nc3c(s1)CCCC3O)C2. The van der Waals surface area contributed by atoms with Crippen molar-refractivity contribution in [3.63, 3.8) is 0 Å². The van der Waals surface area contributed by atoms with Crippen LogP contribution in [0.15, 0.2) is 0 Å². The molecule has 3 aliphatic rings. The molecular formula is C15H22N2OS. The van der Waals surface area contributed by atoms with E-state index < -0.39 is 0 Å². The molecule has 1 aromatic heterocycles. The third kappa shape index (κ3) is 1.96. The van der Waals surface area contributed by atoms with Crippen molar-refractivity contribution < 1.29 is 5.11 Å². The normalized spacial score (nSPS) is 38.4. The Kier molecular flexibility index (Phi) is 2.94. The van der Waals surface area contributed by atoms with Crippen LogP contribution >= 0.6 is 11.3 Å². The van der Waals surface area contributed by atoms with E-state index in [2.05, 4.69) is 11.9 Å². The second-order valence-corrected chi connectivity index (χ2v) is 7.60. The number of aromatic nitrogens is 1. The minimum Gasteiger partial charge on any atom is -0.387 e. The Labute approximate surface area is 118 Å². The summed E-state index contributed by atoms with van der Waals surface area (Å²) in [5.41, 5.74) is 1.01. The first-order valence-corrected chi connectivity index (χ1v) is 8.43. The number of aliphatic hydroxyl groups excluding tert-OH is 1. The summed E-state index contributed by atoms with van der Waals surface area (Å²) in [6, 6.07) is 1.55. The highest BCUT2D eigenvalue weighted by molar-refractivity contribution is 7.11. The Morgan fingerprint density at radius 3 is 2.63 bits per heavy atom. The van der Waals surface area contributed by atoms with Gasteiger partial charge in [0.05, 0.1) is 16.8 Å². The molecule has 0 radical (unpaired) electrons. The van der Waals surface area contributed by atoms with Gasteiger partial charge in [-0.05, 0) is 52.0 Å². The lowest BCUT2D eigenvalue weighted by atomic mass is 9.91. The van der Waals surface area contributed by atoms with Crippen LogP contribution in [0.5, 0.6) is 0 Å². The third-order valence-electron chi connectivity index (χ3n) is 5.39. The van der Waals surface area contributed by atoms with Crippen molar-refractivity contribution in [3.05, 3.63) is 15.6 Å². The van der Waals surface area contributed by atoms with E-state index in [4.69, 9.17) is 4.98 Å². The molecule has 3 heterocycles. The van der Waals surface area contributed by atoms with Crippen LogP contribution in [0.3, 0.4) is 0 Å². The van der Waals surface area contributed by atoms with Crippen LogP contribution in [-0.2, 0) is 6.42 Å². The highest BCUT2D eigenvalue weighted by Gasteiger charge is 2.40. The van der Waals surface area contributed by atoms with Crippen molar-refractivity contribution in [1.82, 2.24) is 9.88 Å². The van der Waals surface area contributed by atoms with E-state index in [1.807, 2.05) is 11.3 Å². The van der Waals surface area contributed by atoms with Gasteiger partial charge in [-0.2, -0.15) is 0 Å². The second-order valence-electron chi connectivity index (χ2n) is 6.49. The Bertz CT molecular complexity index is 472. The zero-order valence-corrected chi connectivity index (χ0v) is 12.3. The maximum absolute atomic E-state index is 10.1. The van der Waals surface area contributed by atoms with Crippen molar-refractivity contribution in [2.75, 3.05) is 7.05 Å². The molecule has 1 aliphatic carbocycles. The quantitative estimate of drug-likeness (QED) is 0.858. The van der Waals surface area contributed by atoms with Gasteiger partial charge in [-0.1, -0.05) is 0 Å². The average Bonchev–Trinajstić information content (AvgIpc) is 2.89. The average molecular weight is 278 g/mol. The number of aryl methyl sites for hydroxylation is 1. The summed E-state index contributed by atoms with van der Waals surface area (Å²) in [5, 5.41) is 11.4. The van der Waals surface area contributed by atoms with Gasteiger partial charge >= 0.3 is 0 Å². The van der Waals surface area contributed by atoms with Gasteiger partial charge in [-0.3, -0.25) is 0 Å². The summed E-state index contributed by atoms with van der Waals surface area (Å²) in [6.45, 7) is 0. The monoisotopic (exact) mass is 278 g/mol. The zero-order valence-electron chi connectivity index (χ0n) is 11.5. The van der Waals surface area contributed by atoms with Gasteiger partial charge in [0.1, 0.15) is 0 Å². The molecule has 3 unspecified atom stereocenters. The lowest BCUT2D eigenvalue weighted by Gasteiger charge is -2.35. The van der Waals surface area contributed by atoms with E-state index in [1.165, 1.54) is 35.6 Å². The molecule has 0 amide bonds. The number of hydrogen-bond acceptors (Lipinski definition) is 4. The standard InChI is InChI=1S/C15H22N2OS/c1-17-10-5-6-11(17)8-9(7-10)15-16-14-12(18)3-2-4-13(14)19-15/h9-12,18H,2-8H2,1H3. The number of piperidine rings is 1.